The topological polar surface area (TPSA) is 53.9 Å². The number of carbonyl (C=O) groups is 2. The van der Waals surface area contributed by atoms with Crippen LogP contribution in [0.3, 0.4) is 0 Å². The fraction of sp³-hybridized carbons (Fsp3) is 0.304. The van der Waals surface area contributed by atoms with Crippen LogP contribution in [-0.2, 0) is 16.0 Å². The van der Waals surface area contributed by atoms with Gasteiger partial charge in [0, 0.05) is 11.8 Å². The smallest absolute Gasteiger partial charge is 0.279 e. The van der Waals surface area contributed by atoms with Crippen molar-refractivity contribution >= 4 is 23.6 Å². The summed E-state index contributed by atoms with van der Waals surface area (Å²) in [5.41, 5.74) is 3.06. The third kappa shape index (κ3) is 5.54. The molecule has 1 saturated heterocycles. The van der Waals surface area contributed by atoms with E-state index >= 15 is 0 Å². The molecular weight excluding hydrogens is 350 g/mol. The Morgan fingerprint density at radius 2 is 1.71 bits per heavy atom. The maximum atomic E-state index is 12.4. The van der Waals surface area contributed by atoms with Crippen LogP contribution in [0.25, 0.3) is 6.08 Å². The second kappa shape index (κ2) is 9.85. The first-order valence-electron chi connectivity index (χ1n) is 9.89. The van der Waals surface area contributed by atoms with Gasteiger partial charge in [-0.05, 0) is 29.7 Å². The molecule has 0 saturated carbocycles. The maximum Gasteiger partial charge on any atom is 0.279 e. The fourth-order valence-electron chi connectivity index (χ4n) is 3.43. The van der Waals surface area contributed by atoms with Crippen LogP contribution in [-0.4, -0.2) is 49.4 Å². The number of anilines is 1. The van der Waals surface area contributed by atoms with Gasteiger partial charge in [-0.1, -0.05) is 55.5 Å². The molecule has 0 unspecified atom stereocenters. The summed E-state index contributed by atoms with van der Waals surface area (Å²) in [6.07, 6.45) is 4.37. The molecule has 0 bridgehead atoms. The van der Waals surface area contributed by atoms with Gasteiger partial charge in [-0.15, -0.1) is 0 Å². The number of rotatable bonds is 6. The van der Waals surface area contributed by atoms with Crippen LogP contribution in [0.1, 0.15) is 18.1 Å². The Balaban J connectivity index is 1.45. The minimum atomic E-state index is 0.0275. The molecule has 28 heavy (non-hydrogen) atoms. The summed E-state index contributed by atoms with van der Waals surface area (Å²) < 4.78 is 0. The molecule has 0 atom stereocenters. The largest absolute Gasteiger partial charge is 0.328 e. The number of hydrogen-bond acceptors (Lipinski definition) is 2. The quantitative estimate of drug-likeness (QED) is 0.751. The van der Waals surface area contributed by atoms with E-state index < -0.39 is 0 Å². The predicted molar refractivity (Wildman–Crippen MR) is 112 cm³/mol. The Labute approximate surface area is 166 Å². The van der Waals surface area contributed by atoms with Crippen LogP contribution in [0.15, 0.2) is 60.7 Å². The molecule has 2 aromatic rings. The number of nitrogens with zero attached hydrogens (tertiary/aromatic N) is 1. The summed E-state index contributed by atoms with van der Waals surface area (Å²) >= 11 is 0. The number of amides is 2. The normalized spacial score (nSPS) is 15.0. The fourth-order valence-corrected chi connectivity index (χ4v) is 3.43. The highest BCUT2D eigenvalue weighted by molar-refractivity contribution is 5.92. The lowest BCUT2D eigenvalue weighted by atomic mass is 10.1. The average Bonchev–Trinajstić information content (AvgIpc) is 2.73. The predicted octanol–water partition coefficient (Wildman–Crippen LogP) is 1.63. The molecule has 2 aromatic carbocycles. The lowest BCUT2D eigenvalue weighted by Crippen LogP contribution is -3.15. The van der Waals surface area contributed by atoms with Gasteiger partial charge in [-0.2, -0.15) is 0 Å². The Morgan fingerprint density at radius 1 is 1.04 bits per heavy atom. The third-order valence-corrected chi connectivity index (χ3v) is 5.08. The minimum Gasteiger partial charge on any atom is -0.328 e. The zero-order chi connectivity index (χ0) is 19.8. The lowest BCUT2D eigenvalue weighted by molar-refractivity contribution is -0.895. The summed E-state index contributed by atoms with van der Waals surface area (Å²) in [4.78, 5) is 27.8. The molecule has 146 valence electrons. The van der Waals surface area contributed by atoms with Crippen molar-refractivity contribution in [1.29, 1.82) is 0 Å². The van der Waals surface area contributed by atoms with Crippen LogP contribution >= 0.6 is 0 Å². The molecule has 1 aliphatic heterocycles. The molecule has 2 N–H and O–H groups in total. The van der Waals surface area contributed by atoms with Crippen molar-refractivity contribution in [3.8, 4) is 0 Å². The van der Waals surface area contributed by atoms with E-state index in [9.17, 15) is 9.59 Å². The number of piperazine rings is 1. The number of benzene rings is 2. The molecular formula is C23H28N3O2+. The zero-order valence-corrected chi connectivity index (χ0v) is 16.4. The molecule has 5 nitrogen and oxygen atoms in total. The molecule has 1 fully saturated rings. The van der Waals surface area contributed by atoms with Gasteiger partial charge >= 0.3 is 0 Å². The monoisotopic (exact) mass is 378 g/mol. The van der Waals surface area contributed by atoms with E-state index in [1.165, 1.54) is 4.90 Å². The first kappa shape index (κ1) is 19.8. The summed E-state index contributed by atoms with van der Waals surface area (Å²) in [5.74, 6) is 0.0591. The summed E-state index contributed by atoms with van der Waals surface area (Å²) in [5, 5.41) is 3.03. The van der Waals surface area contributed by atoms with Crippen molar-refractivity contribution in [3.63, 3.8) is 0 Å². The first-order chi connectivity index (χ1) is 13.7. The van der Waals surface area contributed by atoms with Gasteiger partial charge in [0.05, 0.1) is 26.2 Å². The summed E-state index contributed by atoms with van der Waals surface area (Å²) in [6.45, 7) is 5.43. The highest BCUT2D eigenvalue weighted by atomic mass is 16.2. The first-order valence-corrected chi connectivity index (χ1v) is 9.89. The van der Waals surface area contributed by atoms with Gasteiger partial charge in [0.2, 0.25) is 5.91 Å². The minimum absolute atomic E-state index is 0.0275. The van der Waals surface area contributed by atoms with Gasteiger partial charge in [-0.25, -0.2) is 0 Å². The van der Waals surface area contributed by atoms with E-state index in [4.69, 9.17) is 0 Å². The Kier molecular flexibility index (Phi) is 6.98. The van der Waals surface area contributed by atoms with E-state index in [-0.39, 0.29) is 11.8 Å². The van der Waals surface area contributed by atoms with Crippen molar-refractivity contribution < 1.29 is 14.5 Å². The van der Waals surface area contributed by atoms with Crippen molar-refractivity contribution in [3.05, 3.63) is 71.8 Å². The molecule has 5 heteroatoms. The highest BCUT2D eigenvalue weighted by Gasteiger charge is 2.24. The SMILES string of the molecule is CCc1ccccc1NC(=O)C[NH+]1CCN(C(=O)/C=C/c2ccccc2)CC1. The number of hydrogen-bond donors (Lipinski definition) is 2. The molecule has 0 aromatic heterocycles. The molecule has 0 spiro atoms. The Morgan fingerprint density at radius 3 is 2.43 bits per heavy atom. The van der Waals surface area contributed by atoms with Gasteiger partial charge in [-0.3, -0.25) is 9.59 Å². The maximum absolute atomic E-state index is 12.4. The van der Waals surface area contributed by atoms with Crippen LogP contribution in [0.2, 0.25) is 0 Å². The van der Waals surface area contributed by atoms with Crippen LogP contribution in [0, 0.1) is 0 Å². The highest BCUT2D eigenvalue weighted by Crippen LogP contribution is 2.14. The van der Waals surface area contributed by atoms with Crippen molar-refractivity contribution in [2.24, 2.45) is 0 Å². The van der Waals surface area contributed by atoms with E-state index in [1.807, 2.05) is 65.6 Å². The number of nitrogens with one attached hydrogen (secondary N) is 2. The van der Waals surface area contributed by atoms with Gasteiger partial charge in [0.1, 0.15) is 0 Å². The van der Waals surface area contributed by atoms with E-state index in [0.717, 1.165) is 36.3 Å². The second-order valence-electron chi connectivity index (χ2n) is 7.05. The standard InChI is InChI=1S/C23H27N3O2/c1-2-20-10-6-7-11-21(20)24-22(27)18-25-14-16-26(17-15-25)23(28)13-12-19-8-4-3-5-9-19/h3-13H,2,14-18H2,1H3,(H,24,27)/p+1/b13-12+. The zero-order valence-electron chi connectivity index (χ0n) is 16.4. The van der Waals surface area contributed by atoms with E-state index in [1.54, 1.807) is 6.08 Å². The van der Waals surface area contributed by atoms with E-state index in [2.05, 4.69) is 12.2 Å². The molecule has 1 heterocycles. The number of aryl methyl sites for hydroxylation is 1. The number of carbonyl (C=O) groups excluding carboxylic acids is 2. The third-order valence-electron chi connectivity index (χ3n) is 5.08. The molecule has 2 amide bonds. The van der Waals surface area contributed by atoms with E-state index in [0.29, 0.717) is 19.6 Å². The molecule has 3 rings (SSSR count). The van der Waals surface area contributed by atoms with Crippen LogP contribution in [0.4, 0.5) is 5.69 Å². The summed E-state index contributed by atoms with van der Waals surface area (Å²) in [7, 11) is 0. The summed E-state index contributed by atoms with van der Waals surface area (Å²) in [6, 6.07) is 17.7. The molecule has 1 aliphatic rings. The number of para-hydroxylation sites is 1. The average molecular weight is 378 g/mol. The molecule has 0 aliphatic carbocycles. The van der Waals surface area contributed by atoms with Crippen molar-refractivity contribution in [2.45, 2.75) is 13.3 Å². The second-order valence-corrected chi connectivity index (χ2v) is 7.05. The van der Waals surface area contributed by atoms with Crippen molar-refractivity contribution in [2.75, 3.05) is 38.0 Å². The van der Waals surface area contributed by atoms with Gasteiger partial charge in [0.25, 0.3) is 5.91 Å². The van der Waals surface area contributed by atoms with Crippen LogP contribution in [0.5, 0.6) is 0 Å². The number of quaternary nitrogens is 1. The Hall–Kier alpha value is -2.92. The van der Waals surface area contributed by atoms with Gasteiger partial charge in [0.15, 0.2) is 6.54 Å². The van der Waals surface area contributed by atoms with Crippen molar-refractivity contribution in [1.82, 2.24) is 4.90 Å². The lowest BCUT2D eigenvalue weighted by Gasteiger charge is -2.31. The van der Waals surface area contributed by atoms with Gasteiger partial charge < -0.3 is 15.1 Å². The molecule has 0 radical (unpaired) electrons. The Bertz CT molecular complexity index is 825. The van der Waals surface area contributed by atoms with Crippen LogP contribution < -0.4 is 10.2 Å².